The Morgan fingerprint density at radius 2 is 2.10 bits per heavy atom. The van der Waals surface area contributed by atoms with Gasteiger partial charge in [-0.15, -0.1) is 0 Å². The quantitative estimate of drug-likeness (QED) is 0.837. The van der Waals surface area contributed by atoms with Crippen molar-refractivity contribution in [2.45, 2.75) is 45.6 Å². The van der Waals surface area contributed by atoms with Crippen LogP contribution in [0, 0.1) is 5.92 Å². The smallest absolute Gasteiger partial charge is 0.222 e. The second-order valence-corrected chi connectivity index (χ2v) is 6.47. The van der Waals surface area contributed by atoms with Crippen molar-refractivity contribution in [2.24, 2.45) is 5.92 Å². The molecule has 21 heavy (non-hydrogen) atoms. The summed E-state index contributed by atoms with van der Waals surface area (Å²) in [6.07, 6.45) is 3.88. The maximum Gasteiger partial charge on any atom is 0.222 e. The lowest BCUT2D eigenvalue weighted by molar-refractivity contribution is -0.132. The summed E-state index contributed by atoms with van der Waals surface area (Å²) in [5.74, 6) is 0.813. The number of hydrogen-bond acceptors (Lipinski definition) is 2. The van der Waals surface area contributed by atoms with Crippen molar-refractivity contribution in [2.75, 3.05) is 19.6 Å². The molecule has 1 aliphatic rings. The van der Waals surface area contributed by atoms with Gasteiger partial charge < -0.3 is 10.2 Å². The molecule has 0 saturated carbocycles. The van der Waals surface area contributed by atoms with Crippen LogP contribution in [-0.4, -0.2) is 36.5 Å². The molecule has 1 saturated heterocycles. The zero-order valence-corrected chi connectivity index (χ0v) is 13.3. The Morgan fingerprint density at radius 1 is 1.33 bits per heavy atom. The molecule has 1 aromatic carbocycles. The summed E-state index contributed by atoms with van der Waals surface area (Å²) < 4.78 is 0. The molecule has 0 bridgehead atoms. The molecule has 3 heteroatoms. The third kappa shape index (κ3) is 5.50. The van der Waals surface area contributed by atoms with Gasteiger partial charge in [-0.3, -0.25) is 4.79 Å². The van der Waals surface area contributed by atoms with Crippen LogP contribution in [0.15, 0.2) is 30.3 Å². The van der Waals surface area contributed by atoms with E-state index in [2.05, 4.69) is 36.2 Å². The molecular formula is C18H28N2O. The summed E-state index contributed by atoms with van der Waals surface area (Å²) in [7, 11) is 0. The van der Waals surface area contributed by atoms with Crippen LogP contribution in [0.4, 0.5) is 0 Å². The van der Waals surface area contributed by atoms with Gasteiger partial charge in [0, 0.05) is 25.6 Å². The average molecular weight is 288 g/mol. The van der Waals surface area contributed by atoms with Crippen LogP contribution in [0.1, 0.15) is 38.7 Å². The Hall–Kier alpha value is -1.35. The summed E-state index contributed by atoms with van der Waals surface area (Å²) in [6, 6.07) is 10.8. The number of benzene rings is 1. The Morgan fingerprint density at radius 3 is 2.71 bits per heavy atom. The summed E-state index contributed by atoms with van der Waals surface area (Å²) in [4.78, 5) is 14.6. The highest BCUT2D eigenvalue weighted by molar-refractivity contribution is 5.76. The molecule has 0 aliphatic carbocycles. The highest BCUT2D eigenvalue weighted by Gasteiger charge is 2.21. The van der Waals surface area contributed by atoms with Crippen molar-refractivity contribution in [1.82, 2.24) is 10.2 Å². The van der Waals surface area contributed by atoms with E-state index in [0.717, 1.165) is 26.1 Å². The van der Waals surface area contributed by atoms with Gasteiger partial charge in [0.2, 0.25) is 5.91 Å². The lowest BCUT2D eigenvalue weighted by Crippen LogP contribution is -2.42. The van der Waals surface area contributed by atoms with Gasteiger partial charge in [0.1, 0.15) is 0 Å². The number of amides is 1. The molecule has 3 nitrogen and oxygen atoms in total. The molecule has 0 radical (unpaired) electrons. The molecule has 1 heterocycles. The van der Waals surface area contributed by atoms with Crippen molar-refractivity contribution < 1.29 is 4.79 Å². The minimum atomic E-state index is 0.293. The summed E-state index contributed by atoms with van der Waals surface area (Å²) in [6.45, 7) is 7.19. The highest BCUT2D eigenvalue weighted by Crippen LogP contribution is 2.11. The van der Waals surface area contributed by atoms with E-state index in [1.807, 2.05) is 18.2 Å². The summed E-state index contributed by atoms with van der Waals surface area (Å²) in [5, 5.41) is 3.50. The first-order valence-corrected chi connectivity index (χ1v) is 8.20. The summed E-state index contributed by atoms with van der Waals surface area (Å²) in [5.41, 5.74) is 1.24. The first-order chi connectivity index (χ1) is 10.1. The topological polar surface area (TPSA) is 32.3 Å². The minimum absolute atomic E-state index is 0.293. The van der Waals surface area contributed by atoms with Gasteiger partial charge in [-0.25, -0.2) is 0 Å². The zero-order valence-electron chi connectivity index (χ0n) is 13.3. The van der Waals surface area contributed by atoms with Crippen LogP contribution in [0.3, 0.4) is 0 Å². The van der Waals surface area contributed by atoms with E-state index in [1.165, 1.54) is 18.4 Å². The monoisotopic (exact) mass is 288 g/mol. The first-order valence-electron chi connectivity index (χ1n) is 8.20. The lowest BCUT2D eigenvalue weighted by Gasteiger charge is -2.27. The van der Waals surface area contributed by atoms with E-state index < -0.39 is 0 Å². The Balaban J connectivity index is 1.87. The van der Waals surface area contributed by atoms with E-state index in [0.29, 0.717) is 24.3 Å². The predicted molar refractivity (Wildman–Crippen MR) is 87.2 cm³/mol. The molecular weight excluding hydrogens is 260 g/mol. The number of nitrogens with one attached hydrogen (secondary N) is 1. The molecule has 0 spiro atoms. The van der Waals surface area contributed by atoms with Crippen LogP contribution in [0.5, 0.6) is 0 Å². The van der Waals surface area contributed by atoms with Gasteiger partial charge in [-0.2, -0.15) is 0 Å². The molecule has 1 unspecified atom stereocenters. The number of hydrogen-bond donors (Lipinski definition) is 1. The Labute approximate surface area is 128 Å². The maximum absolute atomic E-state index is 12.5. The average Bonchev–Trinajstić information content (AvgIpc) is 2.98. The molecule has 1 aliphatic heterocycles. The standard InChI is InChI=1S/C18H28N2O/c1-15(2)13-20(14-17-9-6-12-19-17)18(21)11-10-16-7-4-3-5-8-16/h3-5,7-8,15,17,19H,6,9-14H2,1-2H3. The zero-order chi connectivity index (χ0) is 15.1. The second kappa shape index (κ2) is 8.18. The van der Waals surface area contributed by atoms with Crippen LogP contribution >= 0.6 is 0 Å². The summed E-state index contributed by atoms with van der Waals surface area (Å²) >= 11 is 0. The number of carbonyl (C=O) groups is 1. The Kier molecular flexibility index (Phi) is 6.24. The molecule has 1 fully saturated rings. The van der Waals surface area contributed by atoms with Gasteiger partial charge in [-0.1, -0.05) is 44.2 Å². The molecule has 2 rings (SSSR count). The number of nitrogens with zero attached hydrogens (tertiary/aromatic N) is 1. The van der Waals surface area contributed by atoms with Crippen LogP contribution < -0.4 is 5.32 Å². The van der Waals surface area contributed by atoms with Crippen LogP contribution in [-0.2, 0) is 11.2 Å². The molecule has 1 amide bonds. The van der Waals surface area contributed by atoms with Crippen molar-refractivity contribution in [3.05, 3.63) is 35.9 Å². The second-order valence-electron chi connectivity index (χ2n) is 6.47. The molecule has 1 atom stereocenters. The maximum atomic E-state index is 12.5. The van der Waals surface area contributed by atoms with Gasteiger partial charge in [0.25, 0.3) is 0 Å². The van der Waals surface area contributed by atoms with Crippen molar-refractivity contribution in [1.29, 1.82) is 0 Å². The fourth-order valence-corrected chi connectivity index (χ4v) is 2.95. The third-order valence-corrected chi connectivity index (χ3v) is 4.01. The number of rotatable bonds is 7. The van der Waals surface area contributed by atoms with Crippen LogP contribution in [0.25, 0.3) is 0 Å². The van der Waals surface area contributed by atoms with Crippen molar-refractivity contribution >= 4 is 5.91 Å². The fraction of sp³-hybridized carbons (Fsp3) is 0.611. The van der Waals surface area contributed by atoms with Crippen LogP contribution in [0.2, 0.25) is 0 Å². The molecule has 116 valence electrons. The third-order valence-electron chi connectivity index (χ3n) is 4.01. The highest BCUT2D eigenvalue weighted by atomic mass is 16.2. The Bertz CT molecular complexity index is 424. The van der Waals surface area contributed by atoms with Gasteiger partial charge >= 0.3 is 0 Å². The molecule has 0 aromatic heterocycles. The van der Waals surface area contributed by atoms with E-state index >= 15 is 0 Å². The molecule has 1 N–H and O–H groups in total. The molecule has 1 aromatic rings. The lowest BCUT2D eigenvalue weighted by atomic mass is 10.1. The minimum Gasteiger partial charge on any atom is -0.341 e. The van der Waals surface area contributed by atoms with E-state index in [9.17, 15) is 4.79 Å². The number of carbonyl (C=O) groups excluding carboxylic acids is 1. The van der Waals surface area contributed by atoms with Gasteiger partial charge in [-0.05, 0) is 37.3 Å². The van der Waals surface area contributed by atoms with E-state index in [1.54, 1.807) is 0 Å². The van der Waals surface area contributed by atoms with Gasteiger partial charge in [0.05, 0.1) is 0 Å². The normalized spacial score (nSPS) is 18.1. The largest absolute Gasteiger partial charge is 0.341 e. The van der Waals surface area contributed by atoms with E-state index in [-0.39, 0.29) is 0 Å². The van der Waals surface area contributed by atoms with Gasteiger partial charge in [0.15, 0.2) is 0 Å². The van der Waals surface area contributed by atoms with Crippen molar-refractivity contribution in [3.63, 3.8) is 0 Å². The number of aryl methyl sites for hydroxylation is 1. The first kappa shape index (κ1) is 16.0. The fourth-order valence-electron chi connectivity index (χ4n) is 2.95. The predicted octanol–water partition coefficient (Wildman–Crippen LogP) is 2.86. The van der Waals surface area contributed by atoms with Crippen molar-refractivity contribution in [3.8, 4) is 0 Å². The SMILES string of the molecule is CC(C)CN(CC1CCCN1)C(=O)CCc1ccccc1. The van der Waals surface area contributed by atoms with E-state index in [4.69, 9.17) is 0 Å².